The van der Waals surface area contributed by atoms with E-state index in [2.05, 4.69) is 5.32 Å². The van der Waals surface area contributed by atoms with Crippen LogP contribution in [0.2, 0.25) is 0 Å². The molecule has 1 atom stereocenters. The Morgan fingerprint density at radius 3 is 2.42 bits per heavy atom. The standard InChI is InChI=1S/C8H14F3N/c1-6(4-7-2-3-7)12-5-8(9,10)11/h6-7,12H,2-5H2,1H3. The average molecular weight is 181 g/mol. The van der Waals surface area contributed by atoms with Crippen LogP contribution in [-0.4, -0.2) is 18.8 Å². The summed E-state index contributed by atoms with van der Waals surface area (Å²) in [6, 6.07) is -0.000810. The minimum absolute atomic E-state index is 0.000810. The lowest BCUT2D eigenvalue weighted by Gasteiger charge is -2.14. The third kappa shape index (κ3) is 4.59. The molecule has 0 radical (unpaired) electrons. The number of halogens is 3. The van der Waals surface area contributed by atoms with Crippen LogP contribution >= 0.6 is 0 Å². The normalized spacial score (nSPS) is 21.0. The van der Waals surface area contributed by atoms with Gasteiger partial charge in [0.1, 0.15) is 0 Å². The zero-order valence-corrected chi connectivity index (χ0v) is 7.12. The van der Waals surface area contributed by atoms with E-state index in [1.807, 2.05) is 6.92 Å². The molecule has 12 heavy (non-hydrogen) atoms. The Hall–Kier alpha value is -0.250. The molecule has 1 nitrogen and oxygen atoms in total. The molecule has 0 bridgehead atoms. The Labute approximate surface area is 70.3 Å². The maximum Gasteiger partial charge on any atom is 0.401 e. The van der Waals surface area contributed by atoms with Gasteiger partial charge >= 0.3 is 6.18 Å². The van der Waals surface area contributed by atoms with Gasteiger partial charge in [-0.3, -0.25) is 0 Å². The molecule has 1 aliphatic rings. The molecular formula is C8H14F3N. The van der Waals surface area contributed by atoms with E-state index in [0.717, 1.165) is 6.42 Å². The molecule has 1 unspecified atom stereocenters. The molecule has 1 saturated carbocycles. The van der Waals surface area contributed by atoms with Crippen molar-refractivity contribution in [3.63, 3.8) is 0 Å². The summed E-state index contributed by atoms with van der Waals surface area (Å²) in [5, 5.41) is 2.47. The van der Waals surface area contributed by atoms with Gasteiger partial charge < -0.3 is 5.32 Å². The third-order valence-corrected chi connectivity index (χ3v) is 2.03. The highest BCUT2D eigenvalue weighted by Crippen LogP contribution is 2.33. The monoisotopic (exact) mass is 181 g/mol. The molecule has 1 rings (SSSR count). The Morgan fingerprint density at radius 2 is 2.00 bits per heavy atom. The number of nitrogens with one attached hydrogen (secondary N) is 1. The molecule has 0 heterocycles. The zero-order chi connectivity index (χ0) is 9.19. The summed E-state index contributed by atoms with van der Waals surface area (Å²) >= 11 is 0. The number of alkyl halides is 3. The molecule has 0 aromatic rings. The minimum atomic E-state index is -4.07. The molecule has 0 aromatic heterocycles. The number of hydrogen-bond acceptors (Lipinski definition) is 1. The predicted octanol–water partition coefficient (Wildman–Crippen LogP) is 2.33. The van der Waals surface area contributed by atoms with Gasteiger partial charge in [-0.2, -0.15) is 13.2 Å². The molecular weight excluding hydrogens is 167 g/mol. The summed E-state index contributed by atoms with van der Waals surface area (Å²) in [6.45, 7) is 0.949. The molecule has 0 spiro atoms. The van der Waals surface area contributed by atoms with Gasteiger partial charge in [-0.05, 0) is 19.3 Å². The fourth-order valence-electron chi connectivity index (χ4n) is 1.23. The van der Waals surface area contributed by atoms with Crippen LogP contribution in [-0.2, 0) is 0 Å². The van der Waals surface area contributed by atoms with E-state index >= 15 is 0 Å². The molecule has 72 valence electrons. The quantitative estimate of drug-likeness (QED) is 0.701. The second-order valence-electron chi connectivity index (χ2n) is 3.58. The molecule has 0 aliphatic heterocycles. The average Bonchev–Trinajstić information content (AvgIpc) is 2.66. The fraction of sp³-hybridized carbons (Fsp3) is 1.00. The highest BCUT2D eigenvalue weighted by Gasteiger charge is 2.29. The predicted molar refractivity (Wildman–Crippen MR) is 40.9 cm³/mol. The first-order chi connectivity index (χ1) is 5.47. The van der Waals surface area contributed by atoms with Gasteiger partial charge in [-0.1, -0.05) is 12.8 Å². The lowest BCUT2D eigenvalue weighted by molar-refractivity contribution is -0.126. The van der Waals surface area contributed by atoms with Crippen molar-refractivity contribution in [2.45, 2.75) is 38.4 Å². The van der Waals surface area contributed by atoms with Gasteiger partial charge in [-0.15, -0.1) is 0 Å². The van der Waals surface area contributed by atoms with Crippen molar-refractivity contribution in [1.82, 2.24) is 5.32 Å². The van der Waals surface area contributed by atoms with Crippen LogP contribution in [0.3, 0.4) is 0 Å². The van der Waals surface area contributed by atoms with Crippen LogP contribution in [0, 0.1) is 5.92 Å². The lowest BCUT2D eigenvalue weighted by atomic mass is 10.1. The van der Waals surface area contributed by atoms with Crippen LogP contribution in [0.25, 0.3) is 0 Å². The van der Waals surface area contributed by atoms with Crippen molar-refractivity contribution < 1.29 is 13.2 Å². The van der Waals surface area contributed by atoms with Crippen LogP contribution < -0.4 is 5.32 Å². The van der Waals surface area contributed by atoms with Gasteiger partial charge in [0, 0.05) is 6.04 Å². The Bertz CT molecular complexity index is 140. The first-order valence-corrected chi connectivity index (χ1v) is 4.27. The maximum absolute atomic E-state index is 11.7. The summed E-state index contributed by atoms with van der Waals surface area (Å²) in [6.07, 6.45) is -0.802. The van der Waals surface area contributed by atoms with Crippen LogP contribution in [0.15, 0.2) is 0 Å². The molecule has 0 amide bonds. The molecule has 1 fully saturated rings. The van der Waals surface area contributed by atoms with Crippen molar-refractivity contribution in [3.8, 4) is 0 Å². The highest BCUT2D eigenvalue weighted by molar-refractivity contribution is 4.78. The SMILES string of the molecule is CC(CC1CC1)NCC(F)(F)F. The first-order valence-electron chi connectivity index (χ1n) is 4.27. The van der Waals surface area contributed by atoms with E-state index < -0.39 is 12.7 Å². The first kappa shape index (κ1) is 9.84. The smallest absolute Gasteiger partial charge is 0.306 e. The van der Waals surface area contributed by atoms with Gasteiger partial charge in [0.25, 0.3) is 0 Å². The maximum atomic E-state index is 11.7. The van der Waals surface area contributed by atoms with Gasteiger partial charge in [0.2, 0.25) is 0 Å². The van der Waals surface area contributed by atoms with Crippen LogP contribution in [0.1, 0.15) is 26.2 Å². The number of hydrogen-bond donors (Lipinski definition) is 1. The molecule has 1 N–H and O–H groups in total. The van der Waals surface area contributed by atoms with Crippen molar-refractivity contribution in [3.05, 3.63) is 0 Å². The van der Waals surface area contributed by atoms with Gasteiger partial charge in [0.05, 0.1) is 6.54 Å². The zero-order valence-electron chi connectivity index (χ0n) is 7.12. The minimum Gasteiger partial charge on any atom is -0.306 e. The largest absolute Gasteiger partial charge is 0.401 e. The van der Waals surface area contributed by atoms with Crippen molar-refractivity contribution in [2.75, 3.05) is 6.54 Å². The summed E-state index contributed by atoms with van der Waals surface area (Å²) in [5.41, 5.74) is 0. The van der Waals surface area contributed by atoms with E-state index in [4.69, 9.17) is 0 Å². The Kier molecular flexibility index (Phi) is 2.99. The summed E-state index contributed by atoms with van der Waals surface area (Å²) < 4.78 is 35.1. The van der Waals surface area contributed by atoms with Gasteiger partial charge in [0.15, 0.2) is 0 Å². The van der Waals surface area contributed by atoms with Crippen LogP contribution in [0.4, 0.5) is 13.2 Å². The topological polar surface area (TPSA) is 12.0 Å². The summed E-state index contributed by atoms with van der Waals surface area (Å²) in [5.74, 6) is 0.681. The lowest BCUT2D eigenvalue weighted by Crippen LogP contribution is -2.35. The fourth-order valence-corrected chi connectivity index (χ4v) is 1.23. The molecule has 0 aromatic carbocycles. The van der Waals surface area contributed by atoms with E-state index in [-0.39, 0.29) is 6.04 Å². The second kappa shape index (κ2) is 3.64. The molecule has 4 heteroatoms. The number of rotatable bonds is 4. The summed E-state index contributed by atoms with van der Waals surface area (Å²) in [7, 11) is 0. The van der Waals surface area contributed by atoms with E-state index in [1.165, 1.54) is 12.8 Å². The van der Waals surface area contributed by atoms with Gasteiger partial charge in [-0.25, -0.2) is 0 Å². The summed E-state index contributed by atoms with van der Waals surface area (Å²) in [4.78, 5) is 0. The van der Waals surface area contributed by atoms with E-state index in [9.17, 15) is 13.2 Å². The third-order valence-electron chi connectivity index (χ3n) is 2.03. The molecule has 1 aliphatic carbocycles. The van der Waals surface area contributed by atoms with E-state index in [1.54, 1.807) is 0 Å². The van der Waals surface area contributed by atoms with Crippen molar-refractivity contribution >= 4 is 0 Å². The Morgan fingerprint density at radius 1 is 1.42 bits per heavy atom. The molecule has 0 saturated heterocycles. The van der Waals surface area contributed by atoms with Crippen molar-refractivity contribution in [2.24, 2.45) is 5.92 Å². The van der Waals surface area contributed by atoms with E-state index in [0.29, 0.717) is 5.92 Å². The Balaban J connectivity index is 2.04. The highest BCUT2D eigenvalue weighted by atomic mass is 19.4. The second-order valence-corrected chi connectivity index (χ2v) is 3.58. The van der Waals surface area contributed by atoms with Crippen molar-refractivity contribution in [1.29, 1.82) is 0 Å². The van der Waals surface area contributed by atoms with Crippen LogP contribution in [0.5, 0.6) is 0 Å².